The minimum atomic E-state index is -0.630. The fraction of sp³-hybridized carbons (Fsp3) is 0.412. The van der Waals surface area contributed by atoms with Gasteiger partial charge in [-0.05, 0) is 36.5 Å². The number of likely N-dealkylation sites (tertiary alicyclic amines) is 1. The molecule has 0 unspecified atom stereocenters. The molecule has 1 fully saturated rings. The number of carbonyl (C=O) groups is 2. The highest BCUT2D eigenvalue weighted by molar-refractivity contribution is 6.44. The number of nitrogens with one attached hydrogen (secondary N) is 1. The molecule has 1 aliphatic rings. The quantitative estimate of drug-likeness (QED) is 0.672. The molecule has 1 saturated heterocycles. The first-order valence-corrected chi connectivity index (χ1v) is 7.65. The van der Waals surface area contributed by atoms with Crippen LogP contribution in [0.1, 0.15) is 30.1 Å². The van der Waals surface area contributed by atoms with E-state index < -0.39 is 17.5 Å². The molecule has 3 rings (SSSR count). The molecule has 0 saturated carbocycles. The van der Waals surface area contributed by atoms with Gasteiger partial charge in [-0.15, -0.1) is 0 Å². The maximum Gasteiger partial charge on any atom is 0.295 e. The molecule has 5 nitrogen and oxygen atoms in total. The summed E-state index contributed by atoms with van der Waals surface area (Å²) in [6.07, 6.45) is 2.77. The van der Waals surface area contributed by atoms with Crippen LogP contribution in [0.3, 0.4) is 0 Å². The van der Waals surface area contributed by atoms with Gasteiger partial charge in [-0.1, -0.05) is 6.92 Å². The minimum absolute atomic E-state index is 0.0741. The summed E-state index contributed by atoms with van der Waals surface area (Å²) in [5.74, 6) is -1.65. The van der Waals surface area contributed by atoms with Gasteiger partial charge < -0.3 is 15.0 Å². The lowest BCUT2D eigenvalue weighted by Crippen LogP contribution is -2.45. The van der Waals surface area contributed by atoms with Crippen molar-refractivity contribution in [1.82, 2.24) is 9.88 Å². The fourth-order valence-corrected chi connectivity index (χ4v) is 2.95. The number of rotatable bonds is 3. The van der Waals surface area contributed by atoms with Gasteiger partial charge in [0.05, 0.1) is 5.56 Å². The van der Waals surface area contributed by atoms with E-state index in [1.807, 2.05) is 6.92 Å². The molecule has 1 aliphatic heterocycles. The van der Waals surface area contributed by atoms with Crippen LogP contribution < -0.4 is 0 Å². The second-order valence-corrected chi connectivity index (χ2v) is 6.48. The number of hydrogen-bond acceptors (Lipinski definition) is 3. The molecule has 0 bridgehead atoms. The molecule has 0 spiro atoms. The van der Waals surface area contributed by atoms with Crippen LogP contribution in [0.15, 0.2) is 24.4 Å². The highest BCUT2D eigenvalue weighted by Gasteiger charge is 2.34. The number of fused-ring (bicyclic) bond motifs is 1. The van der Waals surface area contributed by atoms with Crippen molar-refractivity contribution >= 4 is 22.6 Å². The van der Waals surface area contributed by atoms with Gasteiger partial charge in [-0.25, -0.2) is 4.39 Å². The Morgan fingerprint density at radius 2 is 2.04 bits per heavy atom. The number of halogens is 1. The second-order valence-electron chi connectivity index (χ2n) is 6.48. The van der Waals surface area contributed by atoms with E-state index in [4.69, 9.17) is 0 Å². The van der Waals surface area contributed by atoms with Crippen LogP contribution >= 0.6 is 0 Å². The highest BCUT2D eigenvalue weighted by atomic mass is 19.1. The summed E-state index contributed by atoms with van der Waals surface area (Å²) in [5, 5.41) is 9.79. The molecule has 2 heterocycles. The number of carbonyl (C=O) groups excluding carboxylic acids is 2. The first-order chi connectivity index (χ1) is 10.9. The fourth-order valence-electron chi connectivity index (χ4n) is 2.95. The van der Waals surface area contributed by atoms with Crippen LogP contribution in [0.2, 0.25) is 0 Å². The molecule has 1 amide bonds. The molecule has 2 N–H and O–H groups in total. The number of aliphatic hydroxyl groups excluding tert-OH is 1. The predicted octanol–water partition coefficient (Wildman–Crippen LogP) is 2.11. The van der Waals surface area contributed by atoms with Crippen LogP contribution in [-0.2, 0) is 4.79 Å². The summed E-state index contributed by atoms with van der Waals surface area (Å²) in [6.45, 7) is 2.93. The van der Waals surface area contributed by atoms with Gasteiger partial charge in [0.2, 0.25) is 0 Å². The number of aromatic amines is 1. The van der Waals surface area contributed by atoms with Gasteiger partial charge >= 0.3 is 0 Å². The lowest BCUT2D eigenvalue weighted by Gasteiger charge is -2.37. The summed E-state index contributed by atoms with van der Waals surface area (Å²) < 4.78 is 13.4. The number of Topliss-reactive ketones (excluding diaryl/α,β-unsaturated/α-hetero) is 1. The van der Waals surface area contributed by atoms with Crippen LogP contribution in [0.25, 0.3) is 10.9 Å². The van der Waals surface area contributed by atoms with Crippen molar-refractivity contribution in [1.29, 1.82) is 0 Å². The summed E-state index contributed by atoms with van der Waals surface area (Å²) >= 11 is 0. The number of nitrogens with zero attached hydrogens (tertiary/aromatic N) is 1. The number of piperidine rings is 1. The number of amides is 1. The van der Waals surface area contributed by atoms with Gasteiger partial charge in [-0.3, -0.25) is 9.59 Å². The average molecular weight is 318 g/mol. The molecule has 0 atom stereocenters. The van der Waals surface area contributed by atoms with Crippen LogP contribution in [0.4, 0.5) is 4.39 Å². The third-order valence-corrected chi connectivity index (χ3v) is 4.72. The third kappa shape index (κ3) is 2.86. The van der Waals surface area contributed by atoms with Gasteiger partial charge in [0.15, 0.2) is 0 Å². The number of aromatic nitrogens is 1. The van der Waals surface area contributed by atoms with Crippen LogP contribution in [0.5, 0.6) is 0 Å². The van der Waals surface area contributed by atoms with Crippen molar-refractivity contribution in [2.24, 2.45) is 5.41 Å². The molecular formula is C17H19FN2O3. The first-order valence-electron chi connectivity index (χ1n) is 7.65. The molecule has 0 aliphatic carbocycles. The van der Waals surface area contributed by atoms with E-state index in [-0.39, 0.29) is 17.6 Å². The topological polar surface area (TPSA) is 73.4 Å². The van der Waals surface area contributed by atoms with E-state index in [2.05, 4.69) is 4.98 Å². The van der Waals surface area contributed by atoms with Gasteiger partial charge in [0.25, 0.3) is 11.7 Å². The van der Waals surface area contributed by atoms with Crippen molar-refractivity contribution in [2.75, 3.05) is 19.7 Å². The normalized spacial score (nSPS) is 17.4. The molecule has 2 aromatic rings. The Morgan fingerprint density at radius 1 is 1.35 bits per heavy atom. The highest BCUT2D eigenvalue weighted by Crippen LogP contribution is 2.30. The number of H-pyrrole nitrogens is 1. The molecular weight excluding hydrogens is 299 g/mol. The van der Waals surface area contributed by atoms with Gasteiger partial charge in [-0.2, -0.15) is 0 Å². The molecule has 6 heteroatoms. The predicted molar refractivity (Wildman–Crippen MR) is 83.6 cm³/mol. The zero-order valence-electron chi connectivity index (χ0n) is 12.9. The minimum Gasteiger partial charge on any atom is -0.396 e. The van der Waals surface area contributed by atoms with E-state index in [9.17, 15) is 19.1 Å². The second kappa shape index (κ2) is 5.77. The lowest BCUT2D eigenvalue weighted by atomic mass is 9.81. The van der Waals surface area contributed by atoms with Crippen molar-refractivity contribution in [2.45, 2.75) is 19.8 Å². The number of hydrogen-bond donors (Lipinski definition) is 2. The SMILES string of the molecule is CC1(CO)CCN(C(=O)C(=O)c2c[nH]c3ccc(F)cc23)CC1. The average Bonchev–Trinajstić information content (AvgIpc) is 2.97. The number of benzene rings is 1. The Labute approximate surface area is 133 Å². The standard InChI is InChI=1S/C17H19FN2O3/c1-17(10-21)4-6-20(7-5-17)16(23)15(22)13-9-19-14-3-2-11(18)8-12(13)14/h2-3,8-9,19,21H,4-7,10H2,1H3. The molecule has 0 radical (unpaired) electrons. The Balaban J connectivity index is 1.80. The molecule has 122 valence electrons. The largest absolute Gasteiger partial charge is 0.396 e. The first kappa shape index (κ1) is 15.7. The van der Waals surface area contributed by atoms with E-state index in [1.165, 1.54) is 23.2 Å². The Bertz CT molecular complexity index is 760. The van der Waals surface area contributed by atoms with E-state index in [0.717, 1.165) is 0 Å². The van der Waals surface area contributed by atoms with E-state index in [0.29, 0.717) is 36.8 Å². The van der Waals surface area contributed by atoms with Crippen molar-refractivity contribution in [3.63, 3.8) is 0 Å². The summed E-state index contributed by atoms with van der Waals surface area (Å²) in [7, 11) is 0. The van der Waals surface area contributed by atoms with Gasteiger partial charge in [0.1, 0.15) is 5.82 Å². The number of aliphatic hydroxyl groups is 1. The van der Waals surface area contributed by atoms with Crippen molar-refractivity contribution in [3.8, 4) is 0 Å². The Morgan fingerprint density at radius 3 is 2.70 bits per heavy atom. The Kier molecular flexibility index (Phi) is 3.93. The molecule has 23 heavy (non-hydrogen) atoms. The van der Waals surface area contributed by atoms with Crippen molar-refractivity contribution < 1.29 is 19.1 Å². The summed E-state index contributed by atoms with van der Waals surface area (Å²) in [5.41, 5.74) is 0.623. The van der Waals surface area contributed by atoms with Crippen LogP contribution in [0, 0.1) is 11.2 Å². The van der Waals surface area contributed by atoms with E-state index in [1.54, 1.807) is 6.07 Å². The summed E-state index contributed by atoms with van der Waals surface area (Å²) in [4.78, 5) is 29.3. The number of ketones is 1. The zero-order valence-corrected chi connectivity index (χ0v) is 12.9. The van der Waals surface area contributed by atoms with Crippen molar-refractivity contribution in [3.05, 3.63) is 35.8 Å². The maximum atomic E-state index is 13.4. The zero-order chi connectivity index (χ0) is 16.6. The monoisotopic (exact) mass is 318 g/mol. The lowest BCUT2D eigenvalue weighted by molar-refractivity contribution is -0.129. The third-order valence-electron chi connectivity index (χ3n) is 4.72. The van der Waals surface area contributed by atoms with E-state index >= 15 is 0 Å². The smallest absolute Gasteiger partial charge is 0.295 e. The molecule has 1 aromatic carbocycles. The Hall–Kier alpha value is -2.21. The van der Waals surface area contributed by atoms with Crippen LogP contribution in [-0.4, -0.2) is 46.4 Å². The van der Waals surface area contributed by atoms with Gasteiger partial charge in [0, 0.05) is 36.8 Å². The molecule has 1 aromatic heterocycles. The maximum absolute atomic E-state index is 13.4. The summed E-state index contributed by atoms with van der Waals surface area (Å²) in [6, 6.07) is 4.10.